The van der Waals surface area contributed by atoms with Crippen LogP contribution in [-0.2, 0) is 4.79 Å². The number of hydrogen-bond donors (Lipinski definition) is 4. The number of aliphatic carboxylic acids is 1. The van der Waals surface area contributed by atoms with Crippen molar-refractivity contribution in [3.05, 3.63) is 35.0 Å². The number of carboxylic acid groups (broad SMARTS) is 1. The van der Waals surface area contributed by atoms with Crippen molar-refractivity contribution < 1.29 is 19.8 Å². The van der Waals surface area contributed by atoms with Gasteiger partial charge in [-0.15, -0.1) is 0 Å². The maximum Gasteiger partial charge on any atom is 0.307 e. The number of rotatable bonds is 4. The molecule has 1 atom stereocenters. The number of fused-ring (bicyclic) bond motifs is 1. The number of amides is 1. The minimum Gasteiger partial charge on any atom is -0.481 e. The zero-order valence-corrected chi connectivity index (χ0v) is 10.4. The van der Waals surface area contributed by atoms with E-state index in [1.54, 1.807) is 24.3 Å². The number of carbonyl (C=O) groups is 2. The third kappa shape index (κ3) is 3.24. The third-order valence-electron chi connectivity index (χ3n) is 2.49. The number of aliphatic hydroxyl groups excluding tert-OH is 1. The Hall–Kier alpha value is -2.05. The molecule has 2 rings (SSSR count). The van der Waals surface area contributed by atoms with Crippen molar-refractivity contribution in [2.24, 2.45) is 0 Å². The van der Waals surface area contributed by atoms with E-state index < -0.39 is 24.5 Å². The summed E-state index contributed by atoms with van der Waals surface area (Å²) in [5, 5.41) is 21.3. The summed E-state index contributed by atoms with van der Waals surface area (Å²) in [5.74, 6) is -1.78. The number of carbonyl (C=O) groups excluding carboxylic acids is 1. The minimum absolute atomic E-state index is 0.224. The molecule has 1 aromatic carbocycles. The van der Waals surface area contributed by atoms with Gasteiger partial charge in [0.25, 0.3) is 5.91 Å². The molecule has 0 saturated heterocycles. The lowest BCUT2D eigenvalue weighted by molar-refractivity contribution is -0.139. The number of halogens is 1. The monoisotopic (exact) mass is 282 g/mol. The Morgan fingerprint density at radius 1 is 1.37 bits per heavy atom. The van der Waals surface area contributed by atoms with Crippen molar-refractivity contribution in [2.45, 2.75) is 12.6 Å². The molecule has 1 amide bonds. The van der Waals surface area contributed by atoms with Crippen LogP contribution in [-0.4, -0.2) is 33.3 Å². The van der Waals surface area contributed by atoms with E-state index in [2.05, 4.69) is 10.3 Å². The topological polar surface area (TPSA) is 102 Å². The molecule has 0 bridgehead atoms. The molecular formula is C12H11ClN2O4. The molecule has 19 heavy (non-hydrogen) atoms. The summed E-state index contributed by atoms with van der Waals surface area (Å²) >= 11 is 5.83. The van der Waals surface area contributed by atoms with Gasteiger partial charge in [-0.2, -0.15) is 0 Å². The second kappa shape index (κ2) is 5.29. The van der Waals surface area contributed by atoms with Crippen molar-refractivity contribution >= 4 is 34.4 Å². The number of hydrogen-bond acceptors (Lipinski definition) is 3. The molecule has 1 aromatic heterocycles. The molecule has 6 nitrogen and oxygen atoms in total. The second-order valence-corrected chi connectivity index (χ2v) is 4.44. The van der Waals surface area contributed by atoms with Crippen LogP contribution in [0.1, 0.15) is 16.9 Å². The number of H-pyrrole nitrogens is 1. The number of nitrogens with one attached hydrogen (secondary N) is 2. The molecule has 2 aromatic rings. The Balaban J connectivity index is 2.15. The molecule has 0 fully saturated rings. The lowest BCUT2D eigenvalue weighted by Gasteiger charge is -2.09. The van der Waals surface area contributed by atoms with Gasteiger partial charge in [0.05, 0.1) is 6.42 Å². The first-order valence-electron chi connectivity index (χ1n) is 5.44. The number of benzene rings is 1. The van der Waals surface area contributed by atoms with E-state index in [-0.39, 0.29) is 5.69 Å². The lowest BCUT2D eigenvalue weighted by Crippen LogP contribution is -2.36. The zero-order chi connectivity index (χ0) is 14.0. The summed E-state index contributed by atoms with van der Waals surface area (Å²) in [5.41, 5.74) is 0.948. The molecule has 0 radical (unpaired) electrons. The largest absolute Gasteiger partial charge is 0.481 e. The summed E-state index contributed by atoms with van der Waals surface area (Å²) in [6.45, 7) is 0. The molecule has 0 aliphatic heterocycles. The number of carboxylic acids is 1. The van der Waals surface area contributed by atoms with E-state index in [4.69, 9.17) is 16.7 Å². The Kier molecular flexibility index (Phi) is 3.73. The van der Waals surface area contributed by atoms with Crippen LogP contribution in [0.15, 0.2) is 24.3 Å². The van der Waals surface area contributed by atoms with Gasteiger partial charge in [0, 0.05) is 15.9 Å². The summed E-state index contributed by atoms with van der Waals surface area (Å²) in [6.07, 6.45) is -1.99. The van der Waals surface area contributed by atoms with Crippen LogP contribution in [0.5, 0.6) is 0 Å². The number of aromatic amines is 1. The summed E-state index contributed by atoms with van der Waals surface area (Å²) in [7, 11) is 0. The fourth-order valence-electron chi connectivity index (χ4n) is 1.67. The van der Waals surface area contributed by atoms with Gasteiger partial charge >= 0.3 is 5.97 Å². The first-order valence-corrected chi connectivity index (χ1v) is 5.82. The highest BCUT2D eigenvalue weighted by Crippen LogP contribution is 2.20. The molecule has 0 spiro atoms. The molecule has 100 valence electrons. The molecule has 1 unspecified atom stereocenters. The highest BCUT2D eigenvalue weighted by molar-refractivity contribution is 6.31. The Morgan fingerprint density at radius 2 is 2.11 bits per heavy atom. The van der Waals surface area contributed by atoms with E-state index in [1.165, 1.54) is 0 Å². The van der Waals surface area contributed by atoms with Crippen molar-refractivity contribution in [1.82, 2.24) is 10.3 Å². The number of aliphatic hydroxyl groups is 1. The van der Waals surface area contributed by atoms with Crippen LogP contribution in [0.25, 0.3) is 10.9 Å². The van der Waals surface area contributed by atoms with Crippen LogP contribution in [0, 0.1) is 0 Å². The van der Waals surface area contributed by atoms with Crippen LogP contribution in [0.2, 0.25) is 5.02 Å². The van der Waals surface area contributed by atoms with Crippen LogP contribution in [0.4, 0.5) is 0 Å². The smallest absolute Gasteiger partial charge is 0.307 e. The van der Waals surface area contributed by atoms with E-state index in [0.29, 0.717) is 5.02 Å². The van der Waals surface area contributed by atoms with Crippen LogP contribution < -0.4 is 5.32 Å². The first kappa shape index (κ1) is 13.4. The molecule has 7 heteroatoms. The highest BCUT2D eigenvalue weighted by Gasteiger charge is 2.15. The van der Waals surface area contributed by atoms with Gasteiger partial charge in [-0.25, -0.2) is 0 Å². The fourth-order valence-corrected chi connectivity index (χ4v) is 1.85. The molecule has 0 aliphatic carbocycles. The van der Waals surface area contributed by atoms with E-state index in [9.17, 15) is 14.7 Å². The van der Waals surface area contributed by atoms with Gasteiger partial charge in [-0.1, -0.05) is 11.6 Å². The summed E-state index contributed by atoms with van der Waals surface area (Å²) in [4.78, 5) is 25.0. The molecule has 0 aliphatic rings. The van der Waals surface area contributed by atoms with Crippen molar-refractivity contribution in [2.75, 3.05) is 0 Å². The predicted molar refractivity (Wildman–Crippen MR) is 69.0 cm³/mol. The lowest BCUT2D eigenvalue weighted by atomic mass is 10.2. The normalized spacial score (nSPS) is 12.3. The van der Waals surface area contributed by atoms with E-state index >= 15 is 0 Å². The Bertz CT molecular complexity index is 638. The van der Waals surface area contributed by atoms with E-state index in [1.807, 2.05) is 0 Å². The minimum atomic E-state index is -1.43. The van der Waals surface area contributed by atoms with E-state index in [0.717, 1.165) is 10.9 Å². The number of aromatic nitrogens is 1. The predicted octanol–water partition coefficient (Wildman–Crippen LogP) is 1.34. The fraction of sp³-hybridized carbons (Fsp3) is 0.167. The highest BCUT2D eigenvalue weighted by atomic mass is 35.5. The molecule has 0 saturated carbocycles. The van der Waals surface area contributed by atoms with Crippen LogP contribution >= 0.6 is 11.6 Å². The average molecular weight is 283 g/mol. The molecular weight excluding hydrogens is 272 g/mol. The third-order valence-corrected chi connectivity index (χ3v) is 2.73. The van der Waals surface area contributed by atoms with Crippen molar-refractivity contribution in [3.63, 3.8) is 0 Å². The zero-order valence-electron chi connectivity index (χ0n) is 9.68. The maximum atomic E-state index is 11.8. The second-order valence-electron chi connectivity index (χ2n) is 4.00. The van der Waals surface area contributed by atoms with Crippen molar-refractivity contribution in [3.8, 4) is 0 Å². The first-order chi connectivity index (χ1) is 8.95. The summed E-state index contributed by atoms with van der Waals surface area (Å²) in [6, 6.07) is 6.67. The molecule has 4 N–H and O–H groups in total. The van der Waals surface area contributed by atoms with Gasteiger partial charge in [0.15, 0.2) is 0 Å². The van der Waals surface area contributed by atoms with Gasteiger partial charge in [0.2, 0.25) is 0 Å². The standard InChI is InChI=1S/C12H11ClN2O4/c13-7-1-2-8-6(3-7)4-9(14-8)12(19)15-10(16)5-11(17)18/h1-4,10,14,16H,5H2,(H,15,19)(H,17,18). The van der Waals surface area contributed by atoms with Gasteiger partial charge in [-0.05, 0) is 24.3 Å². The Morgan fingerprint density at radius 3 is 2.79 bits per heavy atom. The van der Waals surface area contributed by atoms with Gasteiger partial charge in [-0.3, -0.25) is 9.59 Å². The Labute approximate surface area is 113 Å². The average Bonchev–Trinajstić information content (AvgIpc) is 2.70. The van der Waals surface area contributed by atoms with Gasteiger partial charge in [0.1, 0.15) is 11.9 Å². The summed E-state index contributed by atoms with van der Waals surface area (Å²) < 4.78 is 0. The quantitative estimate of drug-likeness (QED) is 0.636. The maximum absolute atomic E-state index is 11.8. The molecule has 1 heterocycles. The van der Waals surface area contributed by atoms with Gasteiger partial charge < -0.3 is 20.5 Å². The van der Waals surface area contributed by atoms with Crippen LogP contribution in [0.3, 0.4) is 0 Å². The van der Waals surface area contributed by atoms with Crippen molar-refractivity contribution in [1.29, 1.82) is 0 Å². The SMILES string of the molecule is O=C(O)CC(O)NC(=O)c1cc2cc(Cl)ccc2[nH]1.